The van der Waals surface area contributed by atoms with E-state index in [1.54, 1.807) is 17.4 Å². The molecule has 0 aliphatic rings. The Kier molecular flexibility index (Phi) is 5.77. The van der Waals surface area contributed by atoms with Crippen molar-refractivity contribution >= 4 is 33.7 Å². The molecule has 2 aromatic heterocycles. The molecule has 4 aromatic rings. The van der Waals surface area contributed by atoms with E-state index in [2.05, 4.69) is 24.3 Å². The van der Waals surface area contributed by atoms with Crippen molar-refractivity contribution in [1.29, 1.82) is 0 Å². The van der Waals surface area contributed by atoms with Crippen LogP contribution in [0.2, 0.25) is 0 Å². The molecule has 0 aliphatic heterocycles. The van der Waals surface area contributed by atoms with Crippen LogP contribution in [-0.2, 0) is 24.2 Å². The van der Waals surface area contributed by atoms with Crippen molar-refractivity contribution in [2.75, 3.05) is 5.32 Å². The first kappa shape index (κ1) is 20.0. The summed E-state index contributed by atoms with van der Waals surface area (Å²) in [6.07, 6.45) is 1.64. The maximum Gasteiger partial charge on any atom is 0.275 e. The highest BCUT2D eigenvalue weighted by Crippen LogP contribution is 2.28. The van der Waals surface area contributed by atoms with Gasteiger partial charge in [-0.15, -0.1) is 11.3 Å². The lowest BCUT2D eigenvalue weighted by Gasteiger charge is -2.15. The van der Waals surface area contributed by atoms with Crippen LogP contribution in [0.1, 0.15) is 25.0 Å². The van der Waals surface area contributed by atoms with Crippen molar-refractivity contribution in [1.82, 2.24) is 9.78 Å². The lowest BCUT2D eigenvalue weighted by Crippen LogP contribution is -2.30. The zero-order valence-corrected chi connectivity index (χ0v) is 17.8. The lowest BCUT2D eigenvalue weighted by molar-refractivity contribution is -0.117. The van der Waals surface area contributed by atoms with Gasteiger partial charge >= 0.3 is 0 Å². The quantitative estimate of drug-likeness (QED) is 0.486. The Hall–Kier alpha value is -3.25. The molecule has 5 nitrogen and oxygen atoms in total. The zero-order valence-electron chi connectivity index (χ0n) is 17.0. The summed E-state index contributed by atoms with van der Waals surface area (Å²) in [6, 6.07) is 17.4. The molecule has 2 aromatic carbocycles. The van der Waals surface area contributed by atoms with Gasteiger partial charge < -0.3 is 5.32 Å². The molecule has 0 unspecified atom stereocenters. The second-order valence-corrected chi connectivity index (χ2v) is 7.99. The molecule has 1 amide bonds. The first-order valence-corrected chi connectivity index (χ1v) is 10.9. The predicted molar refractivity (Wildman–Crippen MR) is 123 cm³/mol. The highest BCUT2D eigenvalue weighted by molar-refractivity contribution is 7.13. The molecule has 30 heavy (non-hydrogen) atoms. The Labute approximate surface area is 179 Å². The molecule has 0 saturated heterocycles. The first-order valence-electron chi connectivity index (χ1n) is 10.1. The molecule has 0 fully saturated rings. The van der Waals surface area contributed by atoms with Gasteiger partial charge in [-0.25, -0.2) is 4.68 Å². The molecule has 0 atom stereocenters. The normalized spacial score (nSPS) is 11.0. The van der Waals surface area contributed by atoms with Gasteiger partial charge in [0, 0.05) is 11.1 Å². The van der Waals surface area contributed by atoms with Crippen LogP contribution >= 0.6 is 11.3 Å². The van der Waals surface area contributed by atoms with Crippen molar-refractivity contribution in [3.05, 3.63) is 81.5 Å². The Bertz CT molecular complexity index is 1240. The number of hydrogen-bond donors (Lipinski definition) is 1. The Morgan fingerprint density at radius 2 is 1.67 bits per heavy atom. The maximum absolute atomic E-state index is 13.0. The largest absolute Gasteiger partial charge is 0.324 e. The number of nitrogens with zero attached hydrogens (tertiary/aromatic N) is 2. The predicted octanol–water partition coefficient (Wildman–Crippen LogP) is 4.89. The first-order chi connectivity index (χ1) is 14.6. The van der Waals surface area contributed by atoms with E-state index >= 15 is 0 Å². The number of benzene rings is 2. The van der Waals surface area contributed by atoms with E-state index in [9.17, 15) is 9.59 Å². The fraction of sp³-hybridized carbons (Fsp3) is 0.208. The van der Waals surface area contributed by atoms with E-state index in [0.717, 1.165) is 45.6 Å². The number of aryl methyl sites for hydroxylation is 2. The monoisotopic (exact) mass is 417 g/mol. The summed E-state index contributed by atoms with van der Waals surface area (Å²) < 4.78 is 1.27. The molecular weight excluding hydrogens is 394 g/mol. The molecule has 1 N–H and O–H groups in total. The van der Waals surface area contributed by atoms with E-state index in [1.807, 2.05) is 53.9 Å². The van der Waals surface area contributed by atoms with Gasteiger partial charge in [-0.1, -0.05) is 56.3 Å². The van der Waals surface area contributed by atoms with E-state index in [1.165, 1.54) is 4.68 Å². The van der Waals surface area contributed by atoms with Crippen molar-refractivity contribution in [3.63, 3.8) is 0 Å². The van der Waals surface area contributed by atoms with Crippen LogP contribution in [0.25, 0.3) is 21.3 Å². The smallest absolute Gasteiger partial charge is 0.275 e. The van der Waals surface area contributed by atoms with Gasteiger partial charge in [0.1, 0.15) is 12.2 Å². The standard InChI is InChI=1S/C24H23N3O2S/c1-3-16-9-7-10-17(4-2)22(16)25-21(28)15-27-24(29)19-12-6-5-11-18(19)23(26-27)20-13-8-14-30-20/h5-14H,3-4,15H2,1-2H3,(H,25,28). The average molecular weight is 418 g/mol. The Morgan fingerprint density at radius 3 is 2.30 bits per heavy atom. The van der Waals surface area contributed by atoms with Gasteiger partial charge in [0.05, 0.1) is 10.3 Å². The number of carbonyl (C=O) groups is 1. The van der Waals surface area contributed by atoms with Crippen molar-refractivity contribution in [2.45, 2.75) is 33.2 Å². The Balaban J connectivity index is 1.72. The van der Waals surface area contributed by atoms with Crippen LogP contribution in [0.3, 0.4) is 0 Å². The molecule has 4 rings (SSSR count). The van der Waals surface area contributed by atoms with Gasteiger partial charge in [-0.05, 0) is 41.5 Å². The number of nitrogens with one attached hydrogen (secondary N) is 1. The number of thiophene rings is 1. The SMILES string of the molecule is CCc1cccc(CC)c1NC(=O)Cn1nc(-c2cccs2)c2ccccc2c1=O. The van der Waals surface area contributed by atoms with Crippen molar-refractivity contribution in [2.24, 2.45) is 0 Å². The van der Waals surface area contributed by atoms with Crippen LogP contribution in [0, 0.1) is 0 Å². The van der Waals surface area contributed by atoms with E-state index < -0.39 is 0 Å². The summed E-state index contributed by atoms with van der Waals surface area (Å²) in [5, 5.41) is 10.9. The lowest BCUT2D eigenvalue weighted by atomic mass is 10.0. The highest BCUT2D eigenvalue weighted by atomic mass is 32.1. The topological polar surface area (TPSA) is 64.0 Å². The van der Waals surface area contributed by atoms with Crippen LogP contribution in [0.5, 0.6) is 0 Å². The van der Waals surface area contributed by atoms with Crippen LogP contribution in [0.15, 0.2) is 64.8 Å². The average Bonchev–Trinajstić information content (AvgIpc) is 3.30. The number of anilines is 1. The Morgan fingerprint density at radius 1 is 0.967 bits per heavy atom. The molecule has 0 saturated carbocycles. The molecule has 2 heterocycles. The molecule has 0 spiro atoms. The third kappa shape index (κ3) is 3.78. The fourth-order valence-corrected chi connectivity index (χ4v) is 4.38. The second kappa shape index (κ2) is 8.63. The fourth-order valence-electron chi connectivity index (χ4n) is 3.66. The van der Waals surface area contributed by atoms with E-state index in [-0.39, 0.29) is 18.0 Å². The summed E-state index contributed by atoms with van der Waals surface area (Å²) in [5.74, 6) is -0.257. The third-order valence-electron chi connectivity index (χ3n) is 5.18. The summed E-state index contributed by atoms with van der Waals surface area (Å²) in [4.78, 5) is 26.9. The van der Waals surface area contributed by atoms with E-state index in [4.69, 9.17) is 0 Å². The summed E-state index contributed by atoms with van der Waals surface area (Å²) >= 11 is 1.56. The van der Waals surface area contributed by atoms with Crippen LogP contribution in [0.4, 0.5) is 5.69 Å². The summed E-state index contributed by atoms with van der Waals surface area (Å²) in [7, 11) is 0. The van der Waals surface area contributed by atoms with Crippen LogP contribution in [-0.4, -0.2) is 15.7 Å². The van der Waals surface area contributed by atoms with Crippen molar-refractivity contribution < 1.29 is 4.79 Å². The molecule has 6 heteroatoms. The van der Waals surface area contributed by atoms with Gasteiger partial charge in [0.2, 0.25) is 5.91 Å². The van der Waals surface area contributed by atoms with Gasteiger partial charge in [-0.2, -0.15) is 5.10 Å². The minimum atomic E-state index is -0.263. The molecule has 152 valence electrons. The number of rotatable bonds is 6. The number of carbonyl (C=O) groups excluding carboxylic acids is 1. The van der Waals surface area contributed by atoms with Gasteiger partial charge in [0.25, 0.3) is 5.56 Å². The number of fused-ring (bicyclic) bond motifs is 1. The van der Waals surface area contributed by atoms with Gasteiger partial charge in [0.15, 0.2) is 0 Å². The molecule has 0 aliphatic carbocycles. The number of aromatic nitrogens is 2. The van der Waals surface area contributed by atoms with Crippen molar-refractivity contribution in [3.8, 4) is 10.6 Å². The minimum absolute atomic E-state index is 0.136. The molecular formula is C24H23N3O2S. The number of hydrogen-bond acceptors (Lipinski definition) is 4. The molecule has 0 bridgehead atoms. The van der Waals surface area contributed by atoms with Gasteiger partial charge in [-0.3, -0.25) is 9.59 Å². The summed E-state index contributed by atoms with van der Waals surface area (Å²) in [5.41, 5.74) is 3.47. The zero-order chi connectivity index (χ0) is 21.1. The minimum Gasteiger partial charge on any atom is -0.324 e. The number of para-hydroxylation sites is 1. The summed E-state index contributed by atoms with van der Waals surface area (Å²) in [6.45, 7) is 3.99. The maximum atomic E-state index is 13.0. The second-order valence-electron chi connectivity index (χ2n) is 7.04. The highest BCUT2D eigenvalue weighted by Gasteiger charge is 2.16. The third-order valence-corrected chi connectivity index (χ3v) is 6.06. The molecule has 0 radical (unpaired) electrons. The number of amides is 1. The van der Waals surface area contributed by atoms with E-state index in [0.29, 0.717) is 5.39 Å². The van der Waals surface area contributed by atoms with Crippen LogP contribution < -0.4 is 10.9 Å².